The molecule has 0 bridgehead atoms. The van der Waals surface area contributed by atoms with Crippen LogP contribution in [-0.2, 0) is 16.6 Å². The summed E-state index contributed by atoms with van der Waals surface area (Å²) in [6.45, 7) is 2.05. The molecule has 2 aromatic carbocycles. The largest absolute Gasteiger partial charge is 0.343 e. The first-order valence-electron chi connectivity index (χ1n) is 9.25. The molecule has 4 rings (SSSR count). The lowest BCUT2D eigenvalue weighted by Crippen LogP contribution is -2.22. The number of amides is 1. The van der Waals surface area contributed by atoms with Crippen molar-refractivity contribution in [2.24, 2.45) is 0 Å². The third kappa shape index (κ3) is 4.98. The lowest BCUT2D eigenvalue weighted by Gasteiger charge is -2.06. The summed E-state index contributed by atoms with van der Waals surface area (Å²) in [6, 6.07) is 17.1. The molecule has 0 aliphatic heterocycles. The van der Waals surface area contributed by atoms with Crippen molar-refractivity contribution in [3.63, 3.8) is 0 Å². The molecule has 2 heterocycles. The summed E-state index contributed by atoms with van der Waals surface area (Å²) >= 11 is 1.14. The fourth-order valence-corrected chi connectivity index (χ4v) is 4.77. The molecule has 0 unspecified atom stereocenters. The van der Waals surface area contributed by atoms with E-state index in [4.69, 9.17) is 4.52 Å². The minimum absolute atomic E-state index is 0.0956. The summed E-state index contributed by atoms with van der Waals surface area (Å²) in [5.41, 5.74) is 2.69. The van der Waals surface area contributed by atoms with Crippen LogP contribution < -0.4 is 10.0 Å². The fourth-order valence-electron chi connectivity index (χ4n) is 2.72. The number of nitrogens with zero attached hydrogens (tertiary/aromatic N) is 2. The fraction of sp³-hybridized carbons (Fsp3) is 0.0952. The van der Waals surface area contributed by atoms with Gasteiger partial charge in [0.15, 0.2) is 0 Å². The van der Waals surface area contributed by atoms with Gasteiger partial charge in [-0.3, -0.25) is 9.52 Å². The molecule has 2 N–H and O–H groups in total. The molecule has 10 heteroatoms. The van der Waals surface area contributed by atoms with Crippen LogP contribution in [0.1, 0.15) is 21.8 Å². The smallest absolute Gasteiger partial charge is 0.271 e. The summed E-state index contributed by atoms with van der Waals surface area (Å²) in [5, 5.41) is 8.36. The number of carbonyl (C=O) groups is 1. The normalized spacial score (nSPS) is 11.3. The lowest BCUT2D eigenvalue weighted by atomic mass is 10.1. The summed E-state index contributed by atoms with van der Waals surface area (Å²) in [6.07, 6.45) is 0. The molecule has 0 saturated heterocycles. The maximum Gasteiger partial charge on any atom is 0.271 e. The molecular formula is C21H18N4O4S2. The van der Waals surface area contributed by atoms with Crippen LogP contribution in [0.5, 0.6) is 0 Å². The minimum Gasteiger partial charge on any atom is -0.343 e. The van der Waals surface area contributed by atoms with Crippen molar-refractivity contribution < 1.29 is 17.7 Å². The molecule has 0 saturated carbocycles. The van der Waals surface area contributed by atoms with Gasteiger partial charge in [-0.05, 0) is 54.8 Å². The molecular weight excluding hydrogens is 436 g/mol. The van der Waals surface area contributed by atoms with Gasteiger partial charge in [0.2, 0.25) is 11.7 Å². The first kappa shape index (κ1) is 20.8. The van der Waals surface area contributed by atoms with E-state index in [0.29, 0.717) is 22.6 Å². The number of nitrogens with one attached hydrogen (secondary N) is 2. The highest BCUT2D eigenvalue weighted by atomic mass is 32.2. The quantitative estimate of drug-likeness (QED) is 0.439. The molecule has 158 valence electrons. The van der Waals surface area contributed by atoms with Gasteiger partial charge < -0.3 is 9.84 Å². The minimum atomic E-state index is -3.61. The molecule has 4 aromatic rings. The number of sulfonamides is 1. The van der Waals surface area contributed by atoms with Crippen LogP contribution in [-0.4, -0.2) is 24.5 Å². The van der Waals surface area contributed by atoms with E-state index in [1.54, 1.807) is 53.9 Å². The Labute approximate surface area is 183 Å². The average molecular weight is 455 g/mol. The number of hydrogen-bond donors (Lipinski definition) is 2. The van der Waals surface area contributed by atoms with Crippen LogP contribution in [0.15, 0.2) is 74.8 Å². The van der Waals surface area contributed by atoms with E-state index in [9.17, 15) is 13.2 Å². The Morgan fingerprint density at radius 3 is 2.48 bits per heavy atom. The predicted molar refractivity (Wildman–Crippen MR) is 117 cm³/mol. The van der Waals surface area contributed by atoms with Crippen molar-refractivity contribution in [1.82, 2.24) is 15.5 Å². The van der Waals surface area contributed by atoms with Crippen LogP contribution in [0, 0.1) is 6.92 Å². The third-order valence-electron chi connectivity index (χ3n) is 4.34. The SMILES string of the molecule is Cc1ccc(C(=O)NCc2nc(-c3ccc(NS(=O)(=O)c4cccs4)cc3)no2)cc1. The van der Waals surface area contributed by atoms with Gasteiger partial charge in [-0.15, -0.1) is 11.3 Å². The molecule has 0 radical (unpaired) electrons. The Hall–Kier alpha value is -3.50. The zero-order valence-electron chi connectivity index (χ0n) is 16.4. The molecule has 31 heavy (non-hydrogen) atoms. The number of aryl methyl sites for hydroxylation is 1. The molecule has 0 fully saturated rings. The Bertz CT molecular complexity index is 1280. The van der Waals surface area contributed by atoms with Crippen LogP contribution in [0.2, 0.25) is 0 Å². The lowest BCUT2D eigenvalue weighted by molar-refractivity contribution is 0.0946. The number of thiophene rings is 1. The van der Waals surface area contributed by atoms with Crippen LogP contribution in [0.3, 0.4) is 0 Å². The van der Waals surface area contributed by atoms with Crippen molar-refractivity contribution in [1.29, 1.82) is 0 Å². The Balaban J connectivity index is 1.38. The first-order valence-corrected chi connectivity index (χ1v) is 11.6. The number of hydrogen-bond acceptors (Lipinski definition) is 7. The maximum atomic E-state index is 12.3. The zero-order valence-corrected chi connectivity index (χ0v) is 18.0. The number of anilines is 1. The van der Waals surface area contributed by atoms with E-state index >= 15 is 0 Å². The van der Waals surface area contributed by atoms with E-state index in [1.165, 1.54) is 0 Å². The zero-order chi connectivity index (χ0) is 21.8. The van der Waals surface area contributed by atoms with E-state index in [2.05, 4.69) is 20.2 Å². The first-order chi connectivity index (χ1) is 14.9. The van der Waals surface area contributed by atoms with Gasteiger partial charge in [0.1, 0.15) is 4.21 Å². The van der Waals surface area contributed by atoms with E-state index in [1.807, 2.05) is 19.1 Å². The Kier molecular flexibility index (Phi) is 5.83. The summed E-state index contributed by atoms with van der Waals surface area (Å²) in [5.74, 6) is 0.368. The Morgan fingerprint density at radius 2 is 1.81 bits per heavy atom. The van der Waals surface area contributed by atoms with Crippen molar-refractivity contribution in [3.8, 4) is 11.4 Å². The number of benzene rings is 2. The second-order valence-corrected chi connectivity index (χ2v) is 9.53. The van der Waals surface area contributed by atoms with Gasteiger partial charge >= 0.3 is 0 Å². The summed E-state index contributed by atoms with van der Waals surface area (Å²) < 4.78 is 32.6. The van der Waals surface area contributed by atoms with E-state index in [0.717, 1.165) is 16.9 Å². The molecule has 0 aliphatic carbocycles. The highest BCUT2D eigenvalue weighted by molar-refractivity contribution is 7.94. The van der Waals surface area contributed by atoms with Gasteiger partial charge in [-0.25, -0.2) is 8.42 Å². The van der Waals surface area contributed by atoms with Crippen LogP contribution >= 0.6 is 11.3 Å². The average Bonchev–Trinajstić information content (AvgIpc) is 3.46. The van der Waals surface area contributed by atoms with Crippen LogP contribution in [0.25, 0.3) is 11.4 Å². The monoisotopic (exact) mass is 454 g/mol. The highest BCUT2D eigenvalue weighted by Crippen LogP contribution is 2.23. The van der Waals surface area contributed by atoms with Crippen LogP contribution in [0.4, 0.5) is 5.69 Å². The van der Waals surface area contributed by atoms with Gasteiger partial charge in [0.05, 0.1) is 6.54 Å². The summed E-state index contributed by atoms with van der Waals surface area (Å²) in [7, 11) is -3.61. The van der Waals surface area contributed by atoms with Crippen molar-refractivity contribution in [3.05, 3.63) is 83.1 Å². The topological polar surface area (TPSA) is 114 Å². The molecule has 0 aliphatic rings. The molecule has 2 aromatic heterocycles. The number of carbonyl (C=O) groups excluding carboxylic acids is 1. The van der Waals surface area contributed by atoms with Gasteiger partial charge in [0, 0.05) is 16.8 Å². The van der Waals surface area contributed by atoms with Crippen molar-refractivity contribution >= 4 is 33.0 Å². The van der Waals surface area contributed by atoms with Crippen molar-refractivity contribution in [2.75, 3.05) is 4.72 Å². The van der Waals surface area contributed by atoms with Gasteiger partial charge in [-0.2, -0.15) is 4.98 Å². The Morgan fingerprint density at radius 1 is 1.06 bits per heavy atom. The second-order valence-electron chi connectivity index (χ2n) is 6.68. The molecule has 8 nitrogen and oxygen atoms in total. The number of rotatable bonds is 7. The maximum absolute atomic E-state index is 12.3. The van der Waals surface area contributed by atoms with Gasteiger partial charge in [-0.1, -0.05) is 28.9 Å². The highest BCUT2D eigenvalue weighted by Gasteiger charge is 2.16. The van der Waals surface area contributed by atoms with Gasteiger partial charge in [0.25, 0.3) is 15.9 Å². The summed E-state index contributed by atoms with van der Waals surface area (Å²) in [4.78, 5) is 16.5. The molecule has 0 atom stereocenters. The van der Waals surface area contributed by atoms with Crippen molar-refractivity contribution in [2.45, 2.75) is 17.7 Å². The predicted octanol–water partition coefficient (Wildman–Crippen LogP) is 3.84. The van der Waals surface area contributed by atoms with E-state index in [-0.39, 0.29) is 22.6 Å². The second kappa shape index (κ2) is 8.70. The molecule has 0 spiro atoms. The molecule has 1 amide bonds. The van der Waals surface area contributed by atoms with E-state index < -0.39 is 10.0 Å². The standard InChI is InChI=1S/C21H18N4O4S2/c1-14-4-6-16(7-5-14)21(26)22-13-18-23-20(24-29-18)15-8-10-17(11-9-15)25-31(27,28)19-3-2-12-30-19/h2-12,25H,13H2,1H3,(H,22,26). The third-order valence-corrected chi connectivity index (χ3v) is 7.12. The number of aromatic nitrogens is 2.